The van der Waals surface area contributed by atoms with Gasteiger partial charge in [0.05, 0.1) is 0 Å². The Bertz CT molecular complexity index is 2960. The molecule has 0 saturated heterocycles. The minimum absolute atomic E-state index is 0.0144. The predicted molar refractivity (Wildman–Crippen MR) is 285 cm³/mol. The molecule has 0 aliphatic carbocycles. The highest BCUT2D eigenvalue weighted by molar-refractivity contribution is 7.00. The number of aryl methyl sites for hydroxylation is 2. The molecule has 0 unspecified atom stereocenters. The number of benzene rings is 8. The van der Waals surface area contributed by atoms with E-state index in [0.717, 1.165) is 0 Å². The topological polar surface area (TPSA) is 6.48 Å². The van der Waals surface area contributed by atoms with Crippen molar-refractivity contribution in [1.29, 1.82) is 0 Å². The molecule has 8 aromatic carbocycles. The third-order valence-electron chi connectivity index (χ3n) is 14.4. The largest absolute Gasteiger partial charge is 0.311 e. The molecule has 0 bridgehead atoms. The number of rotatable bonds is 3. The molecule has 326 valence electrons. The maximum absolute atomic E-state index is 2.67. The maximum Gasteiger partial charge on any atom is 0.252 e. The van der Waals surface area contributed by atoms with Crippen molar-refractivity contribution in [3.63, 3.8) is 0 Å². The van der Waals surface area contributed by atoms with E-state index in [9.17, 15) is 0 Å². The second kappa shape index (κ2) is 14.7. The Morgan fingerprint density at radius 1 is 0.385 bits per heavy atom. The van der Waals surface area contributed by atoms with Gasteiger partial charge >= 0.3 is 0 Å². The number of hydrogen-bond donors (Lipinski definition) is 0. The summed E-state index contributed by atoms with van der Waals surface area (Å²) in [5.74, 6) is 0. The highest BCUT2D eigenvalue weighted by atomic mass is 15.2. The van der Waals surface area contributed by atoms with Gasteiger partial charge in [-0.3, -0.25) is 0 Å². The molecule has 2 nitrogen and oxygen atoms in total. The number of hydrogen-bond acceptors (Lipinski definition) is 2. The zero-order chi connectivity index (χ0) is 46.1. The lowest BCUT2D eigenvalue weighted by molar-refractivity contribution is 0.568. The molecule has 8 aromatic rings. The Labute approximate surface area is 389 Å². The fraction of sp³-hybridized carbons (Fsp3) is 0.290. The highest BCUT2D eigenvalue weighted by Gasteiger charge is 2.45. The molecule has 65 heavy (non-hydrogen) atoms. The average Bonchev–Trinajstić information content (AvgIpc) is 3.24. The molecule has 10 rings (SSSR count). The quantitative estimate of drug-likeness (QED) is 0.163. The summed E-state index contributed by atoms with van der Waals surface area (Å²) in [7, 11) is 0. The smallest absolute Gasteiger partial charge is 0.252 e. The van der Waals surface area contributed by atoms with E-state index in [2.05, 4.69) is 246 Å². The third-order valence-corrected chi connectivity index (χ3v) is 14.4. The van der Waals surface area contributed by atoms with Crippen LogP contribution in [0.1, 0.15) is 116 Å². The summed E-state index contributed by atoms with van der Waals surface area (Å²) in [6.07, 6.45) is 0. The van der Waals surface area contributed by atoms with Gasteiger partial charge in [-0.15, -0.1) is 0 Å². The van der Waals surface area contributed by atoms with Gasteiger partial charge in [0.1, 0.15) is 0 Å². The van der Waals surface area contributed by atoms with Crippen molar-refractivity contribution in [3.05, 3.63) is 173 Å². The van der Waals surface area contributed by atoms with Crippen LogP contribution in [0.3, 0.4) is 0 Å². The standard InChI is InChI=1S/C62H65BN2/c1-38-20-19-21-39(2)55(38)42-30-53-56-54(31-42)65(48-36-45(61(9,10)11)33-46(37-48)62(12,13)14)58-50-25-18-16-23-41(50)27-29-52(58)63(56)51-28-26-40-22-15-17-24-49(40)57(51)64(53)47-34-43(59(3,4)5)32-44(35-47)60(6,7)8/h15-37H,1-14H3. The van der Waals surface area contributed by atoms with Crippen LogP contribution in [0.15, 0.2) is 140 Å². The van der Waals surface area contributed by atoms with Crippen molar-refractivity contribution in [2.24, 2.45) is 0 Å². The van der Waals surface area contributed by atoms with Crippen molar-refractivity contribution >= 4 is 78.8 Å². The molecule has 0 atom stereocenters. The van der Waals surface area contributed by atoms with Gasteiger partial charge in [-0.2, -0.15) is 0 Å². The Morgan fingerprint density at radius 3 is 1.12 bits per heavy atom. The van der Waals surface area contributed by atoms with Gasteiger partial charge in [-0.25, -0.2) is 0 Å². The van der Waals surface area contributed by atoms with Gasteiger partial charge in [0.15, 0.2) is 0 Å². The van der Waals surface area contributed by atoms with Gasteiger partial charge in [0.2, 0.25) is 0 Å². The normalized spacial score (nSPS) is 13.9. The van der Waals surface area contributed by atoms with E-state index in [1.807, 2.05) is 0 Å². The Hall–Kier alpha value is -6.06. The van der Waals surface area contributed by atoms with Gasteiger partial charge in [-0.1, -0.05) is 186 Å². The third kappa shape index (κ3) is 7.09. The van der Waals surface area contributed by atoms with Gasteiger partial charge in [-0.05, 0) is 144 Å². The van der Waals surface area contributed by atoms with E-state index >= 15 is 0 Å². The SMILES string of the molecule is Cc1cccc(C)c1-c1cc2c3c(c1)N(c1cc(C(C)(C)C)cc(C(C)(C)C)c1)c1c(ccc4ccccc14)B3c1ccc3ccccc3c1N2c1cc(C(C)(C)C)cc(C(C)(C)C)c1. The van der Waals surface area contributed by atoms with Crippen molar-refractivity contribution in [1.82, 2.24) is 0 Å². The summed E-state index contributed by atoms with van der Waals surface area (Å²) >= 11 is 0. The maximum atomic E-state index is 2.67. The van der Waals surface area contributed by atoms with Crippen molar-refractivity contribution in [2.45, 2.75) is 119 Å². The van der Waals surface area contributed by atoms with E-state index in [1.165, 1.54) is 117 Å². The van der Waals surface area contributed by atoms with Gasteiger partial charge < -0.3 is 9.80 Å². The van der Waals surface area contributed by atoms with E-state index in [4.69, 9.17) is 0 Å². The number of anilines is 6. The molecular formula is C62H65BN2. The Kier molecular flexibility index (Phi) is 9.71. The zero-order valence-corrected chi connectivity index (χ0v) is 41.3. The molecule has 0 radical (unpaired) electrons. The summed E-state index contributed by atoms with van der Waals surface area (Å²) in [6, 6.07) is 54.4. The molecule has 3 heteroatoms. The molecule has 0 saturated carbocycles. The lowest BCUT2D eigenvalue weighted by Gasteiger charge is -2.46. The molecule has 2 aliphatic heterocycles. The van der Waals surface area contributed by atoms with Crippen LogP contribution in [0.5, 0.6) is 0 Å². The first-order chi connectivity index (χ1) is 30.6. The second-order valence-corrected chi connectivity index (χ2v) is 23.3. The van der Waals surface area contributed by atoms with Crippen LogP contribution in [0.4, 0.5) is 34.1 Å². The van der Waals surface area contributed by atoms with E-state index in [-0.39, 0.29) is 28.4 Å². The number of nitrogens with zero attached hydrogens (tertiary/aromatic N) is 2. The van der Waals surface area contributed by atoms with Crippen LogP contribution in [0.2, 0.25) is 0 Å². The molecular weight excluding hydrogens is 784 g/mol. The molecule has 0 N–H and O–H groups in total. The lowest BCUT2D eigenvalue weighted by Crippen LogP contribution is -2.61. The van der Waals surface area contributed by atoms with Gasteiger partial charge in [0, 0.05) is 44.9 Å². The van der Waals surface area contributed by atoms with Crippen molar-refractivity contribution in [3.8, 4) is 11.1 Å². The first-order valence-corrected chi connectivity index (χ1v) is 23.8. The summed E-state index contributed by atoms with van der Waals surface area (Å²) in [5, 5.41) is 5.04. The summed E-state index contributed by atoms with van der Waals surface area (Å²) < 4.78 is 0. The van der Waals surface area contributed by atoms with E-state index in [1.54, 1.807) is 0 Å². The predicted octanol–water partition coefficient (Wildman–Crippen LogP) is 15.5. The molecule has 0 fully saturated rings. The lowest BCUT2D eigenvalue weighted by atomic mass is 9.33. The van der Waals surface area contributed by atoms with Gasteiger partial charge in [0.25, 0.3) is 6.71 Å². The average molecular weight is 849 g/mol. The Balaban J connectivity index is 1.43. The van der Waals surface area contributed by atoms with Crippen LogP contribution < -0.4 is 26.2 Å². The van der Waals surface area contributed by atoms with E-state index in [0.29, 0.717) is 0 Å². The monoisotopic (exact) mass is 849 g/mol. The van der Waals surface area contributed by atoms with Crippen LogP contribution in [-0.2, 0) is 21.7 Å². The van der Waals surface area contributed by atoms with Crippen LogP contribution in [-0.4, -0.2) is 6.71 Å². The van der Waals surface area contributed by atoms with Crippen LogP contribution in [0, 0.1) is 13.8 Å². The van der Waals surface area contributed by atoms with Crippen LogP contribution in [0.25, 0.3) is 32.7 Å². The highest BCUT2D eigenvalue weighted by Crippen LogP contribution is 2.51. The molecule has 0 amide bonds. The summed E-state index contributed by atoms with van der Waals surface area (Å²) in [6.45, 7) is 32.8. The molecule has 0 spiro atoms. The Morgan fingerprint density at radius 2 is 0.754 bits per heavy atom. The zero-order valence-electron chi connectivity index (χ0n) is 41.3. The number of fused-ring (bicyclic) bond motifs is 8. The first-order valence-electron chi connectivity index (χ1n) is 23.8. The first kappa shape index (κ1) is 42.9. The van der Waals surface area contributed by atoms with Crippen molar-refractivity contribution < 1.29 is 0 Å². The van der Waals surface area contributed by atoms with Crippen molar-refractivity contribution in [2.75, 3.05) is 9.80 Å². The fourth-order valence-electron chi connectivity index (χ4n) is 10.7. The fourth-order valence-corrected chi connectivity index (χ4v) is 10.7. The molecule has 2 heterocycles. The minimum atomic E-state index is -0.0604. The molecule has 0 aromatic heterocycles. The van der Waals surface area contributed by atoms with E-state index < -0.39 is 0 Å². The second-order valence-electron chi connectivity index (χ2n) is 23.3. The molecule has 2 aliphatic rings. The summed E-state index contributed by atoms with van der Waals surface area (Å²) in [5.41, 5.74) is 21.7. The van der Waals surface area contributed by atoms with Crippen LogP contribution >= 0.6 is 0 Å². The summed E-state index contributed by atoms with van der Waals surface area (Å²) in [4.78, 5) is 5.34. The minimum Gasteiger partial charge on any atom is -0.311 e.